The number of aliphatic hydroxyl groups excluding tert-OH is 1. The van der Waals surface area contributed by atoms with Crippen molar-refractivity contribution in [2.45, 2.75) is 133 Å². The predicted molar refractivity (Wildman–Crippen MR) is 338 cm³/mol. The van der Waals surface area contributed by atoms with Crippen LogP contribution in [0.1, 0.15) is 55.8 Å². The number of alkyl carbamates (subject to hydrolysis) is 4. The van der Waals surface area contributed by atoms with E-state index in [4.69, 9.17) is 56.8 Å². The molecule has 0 aliphatic carbocycles. The number of esters is 2. The summed E-state index contributed by atoms with van der Waals surface area (Å²) in [5.41, 5.74) is 3.32. The van der Waals surface area contributed by atoms with Crippen LogP contribution in [0.4, 0.5) is 24.0 Å². The number of benzene rings is 6. The molecule has 94 heavy (non-hydrogen) atoms. The van der Waals surface area contributed by atoms with Gasteiger partial charge in [-0.2, -0.15) is 0 Å². The van der Waals surface area contributed by atoms with Crippen LogP contribution < -0.4 is 21.3 Å². The van der Waals surface area contributed by atoms with E-state index in [9.17, 15) is 38.7 Å². The Hall–Kier alpha value is -8.90. The van der Waals surface area contributed by atoms with Gasteiger partial charge in [0.15, 0.2) is 0 Å². The average Bonchev–Trinajstić information content (AvgIpc) is 1.57. The van der Waals surface area contributed by atoms with Crippen molar-refractivity contribution in [3.8, 4) is 0 Å². The summed E-state index contributed by atoms with van der Waals surface area (Å²) >= 11 is -2.57. The number of fused-ring (bicyclic) bond motifs is 4. The second kappa shape index (κ2) is 30.5. The Balaban J connectivity index is 0.818. The van der Waals surface area contributed by atoms with E-state index < -0.39 is 163 Å². The standard InChI is InChI=1S/C68H70IN5O20/c1-74-53-56(93-68(74)82)55-49(89-63(53)94-62-50(88-60(77)45-30-18-7-19-31-45)32-46(70-64(78)84-35-40-20-8-2-9-21-40)51(90-62)39-83-59(76)44-28-16-6-17-29-44)33-47(71-65(79)85-36-41-22-10-3-11-23-41)61(91-55)92-57-54(75)52-48(72-66(80)86-37-42-24-12-4-13-25-42)34-69(52)58(57)73-67(81)87-38-43-26-14-5-15-27-43/h2-31,46-58,61-63,75H,32-39H2,1H3,(H,70,78)(H,71,79)(H,72,80)(H,73,81)/t46-,47-,48+,49-,50-,51?,52-,53?,54?,55?,56?,57-,58?,61+,62+,63?/m0/s1. The first-order chi connectivity index (χ1) is 45.8. The van der Waals surface area contributed by atoms with Gasteiger partial charge in [0.25, 0.3) is 0 Å². The minimum atomic E-state index is -2.57. The second-order valence-electron chi connectivity index (χ2n) is 23.1. The molecule has 0 spiro atoms. The van der Waals surface area contributed by atoms with Gasteiger partial charge >= 0.3 is 371 Å². The first-order valence-electron chi connectivity index (χ1n) is 30.7. The number of hydrogen-bond donors (Lipinski definition) is 5. The van der Waals surface area contributed by atoms with E-state index in [1.54, 1.807) is 121 Å². The monoisotopic (exact) mass is 1400 g/mol. The molecule has 6 aliphatic heterocycles. The van der Waals surface area contributed by atoms with Crippen LogP contribution in [0.25, 0.3) is 0 Å². The van der Waals surface area contributed by atoms with Crippen molar-refractivity contribution in [3.63, 3.8) is 0 Å². The molecule has 12 rings (SSSR count). The van der Waals surface area contributed by atoms with Crippen LogP contribution in [-0.4, -0.2) is 164 Å². The molecule has 5 N–H and O–H groups in total. The Morgan fingerprint density at radius 2 is 0.979 bits per heavy atom. The molecule has 5 amide bonds. The molecular weight excluding hydrogens is 1330 g/mol. The molecule has 25 nitrogen and oxygen atoms in total. The number of aliphatic hydroxyl groups is 1. The van der Waals surface area contributed by atoms with E-state index in [1.165, 1.54) is 11.9 Å². The van der Waals surface area contributed by atoms with Gasteiger partial charge in [-0.05, 0) is 29.8 Å². The molecule has 6 saturated heterocycles. The van der Waals surface area contributed by atoms with Crippen LogP contribution in [-0.2, 0) is 83.3 Å². The number of amides is 5. The van der Waals surface area contributed by atoms with Gasteiger partial charge in [-0.3, -0.25) is 0 Å². The number of likely N-dealkylation sites (N-methyl/N-ethyl adjacent to an activating group) is 1. The minimum absolute atomic E-state index is 0.00635. The molecule has 6 aromatic rings. The summed E-state index contributed by atoms with van der Waals surface area (Å²) in [6, 6.07) is 48.6. The zero-order valence-electron chi connectivity index (χ0n) is 50.7. The molecule has 6 heterocycles. The molecule has 0 radical (unpaired) electrons. The summed E-state index contributed by atoms with van der Waals surface area (Å²) in [5, 5.41) is 24.1. The van der Waals surface area contributed by atoms with Gasteiger partial charge in [-0.25, -0.2) is 14.4 Å². The molecule has 7 unspecified atom stereocenters. The average molecular weight is 1400 g/mol. The third-order valence-corrected chi connectivity index (χ3v) is 24.9. The summed E-state index contributed by atoms with van der Waals surface area (Å²) in [6.45, 7) is -0.717. The quantitative estimate of drug-likeness (QED) is 0.0152. The maximum atomic E-state index is 14.1. The molecule has 26 heteroatoms. The third kappa shape index (κ3) is 15.8. The number of carbonyl (C=O) groups is 7. The van der Waals surface area contributed by atoms with Crippen LogP contribution in [0.15, 0.2) is 182 Å². The van der Waals surface area contributed by atoms with Gasteiger partial charge in [0.2, 0.25) is 0 Å². The molecule has 494 valence electrons. The molecule has 6 aromatic carbocycles. The number of halogens is 1. The van der Waals surface area contributed by atoms with Crippen LogP contribution in [0.2, 0.25) is 0 Å². The van der Waals surface area contributed by atoms with E-state index >= 15 is 0 Å². The van der Waals surface area contributed by atoms with Crippen LogP contribution >= 0.6 is 19.8 Å². The van der Waals surface area contributed by atoms with Crippen LogP contribution in [0.3, 0.4) is 0 Å². The number of alkyl halides is 3. The summed E-state index contributed by atoms with van der Waals surface area (Å²) in [4.78, 5) is 97.5. The number of hydrogen-bond acceptors (Lipinski definition) is 20. The van der Waals surface area contributed by atoms with Crippen molar-refractivity contribution in [1.82, 2.24) is 26.2 Å². The van der Waals surface area contributed by atoms with E-state index in [2.05, 4.69) is 21.3 Å². The number of ether oxygens (including phenoxy) is 12. The Morgan fingerprint density at radius 1 is 0.511 bits per heavy atom. The summed E-state index contributed by atoms with van der Waals surface area (Å²) in [6.07, 6.45) is -17.4. The molecule has 6 fully saturated rings. The van der Waals surface area contributed by atoms with Gasteiger partial charge in [0.05, 0.1) is 17.2 Å². The fourth-order valence-corrected chi connectivity index (χ4v) is 20.1. The molecule has 0 bridgehead atoms. The zero-order valence-corrected chi connectivity index (χ0v) is 52.9. The van der Waals surface area contributed by atoms with E-state index in [-0.39, 0.29) is 50.4 Å². The summed E-state index contributed by atoms with van der Waals surface area (Å²) < 4.78 is 73.9. The topological polar surface area (TPSA) is 302 Å². The molecule has 0 aromatic heterocycles. The Morgan fingerprint density at radius 3 is 1.50 bits per heavy atom. The maximum absolute atomic E-state index is 14.1. The van der Waals surface area contributed by atoms with Gasteiger partial charge in [0.1, 0.15) is 19.3 Å². The number of rotatable bonds is 21. The van der Waals surface area contributed by atoms with E-state index in [1.807, 2.05) is 60.7 Å². The molecule has 6 aliphatic rings. The SMILES string of the molecule is CN1C(=O)OC2C3O[C@H](O[C@H]4C(O)[C@@H]5[C@H](NC(=O)OCc6ccccc6)CI5C4NC(=O)OCc4ccccc4)[C@@H](NC(=O)OCc4ccccc4)C[C@@H]3OC(O[C@H]3OC(COC(=O)c4ccccc4)[C@@H](NC(=O)OCc4ccccc4)C[C@@H]3OC(=O)c3ccccc3)C21. The van der Waals surface area contributed by atoms with Gasteiger partial charge in [0, 0.05) is 6.42 Å². The first-order valence-corrected chi connectivity index (χ1v) is 34.7. The second-order valence-corrected chi connectivity index (χ2v) is 29.2. The van der Waals surface area contributed by atoms with Crippen molar-refractivity contribution >= 4 is 62.2 Å². The predicted octanol–water partition coefficient (Wildman–Crippen LogP) is 7.65. The first kappa shape index (κ1) is 65.2. The molecular formula is C68H70IN5O20. The van der Waals surface area contributed by atoms with Gasteiger partial charge < -0.3 is 19.5 Å². The normalized spacial score (nSPS) is 28.4. The van der Waals surface area contributed by atoms with Crippen LogP contribution in [0.5, 0.6) is 0 Å². The number of nitrogens with one attached hydrogen (secondary N) is 4. The van der Waals surface area contributed by atoms with Crippen molar-refractivity contribution in [1.29, 1.82) is 0 Å². The van der Waals surface area contributed by atoms with Crippen molar-refractivity contribution in [2.24, 2.45) is 0 Å². The van der Waals surface area contributed by atoms with E-state index in [0.717, 1.165) is 11.1 Å². The van der Waals surface area contributed by atoms with E-state index in [0.29, 0.717) is 15.6 Å². The third-order valence-electron chi connectivity index (χ3n) is 16.8. The summed E-state index contributed by atoms with van der Waals surface area (Å²) in [5.74, 6) is -1.48. The molecule has 0 saturated carbocycles. The Kier molecular flexibility index (Phi) is 21.1. The fraction of sp³-hybridized carbons (Fsp3) is 0.368. The fourth-order valence-electron chi connectivity index (χ4n) is 12.0. The number of carbonyl (C=O) groups excluding carboxylic acids is 7. The van der Waals surface area contributed by atoms with Crippen molar-refractivity contribution < 1.29 is 95.5 Å². The zero-order chi connectivity index (χ0) is 65.1. The Labute approximate surface area is 547 Å². The van der Waals surface area contributed by atoms with Crippen LogP contribution in [0, 0.1) is 0 Å². The van der Waals surface area contributed by atoms with Crippen molar-refractivity contribution in [3.05, 3.63) is 215 Å². The van der Waals surface area contributed by atoms with Gasteiger partial charge in [-0.15, -0.1) is 0 Å². The van der Waals surface area contributed by atoms with Gasteiger partial charge in [-0.1, -0.05) is 72.8 Å². The molecule has 16 atom stereocenters. The number of nitrogens with zero attached hydrogens (tertiary/aromatic N) is 1. The Bertz CT molecular complexity index is 3560. The summed E-state index contributed by atoms with van der Waals surface area (Å²) in [7, 11) is 1.46. The van der Waals surface area contributed by atoms with Crippen molar-refractivity contribution in [2.75, 3.05) is 18.1 Å².